The van der Waals surface area contributed by atoms with E-state index in [1.54, 1.807) is 28.4 Å². The summed E-state index contributed by atoms with van der Waals surface area (Å²) in [5.74, 6) is 2.67. The monoisotopic (exact) mass is 1340 g/mol. The summed E-state index contributed by atoms with van der Waals surface area (Å²) in [6.45, 7) is 44.5. The highest BCUT2D eigenvalue weighted by Crippen LogP contribution is 2.67. The molecule has 19 nitrogen and oxygen atoms in total. The maximum atomic E-state index is 6.23. The van der Waals surface area contributed by atoms with Crippen molar-refractivity contribution in [1.29, 1.82) is 0 Å². The van der Waals surface area contributed by atoms with Crippen LogP contribution < -0.4 is 9.05 Å². The zero-order valence-electron chi connectivity index (χ0n) is 53.7. The maximum Gasteiger partial charge on any atom is 0.333 e. The fourth-order valence-corrected chi connectivity index (χ4v) is 18.2. The second-order valence-electron chi connectivity index (χ2n) is 24.2. The molecule has 2 bridgehead atoms. The molecule has 0 radical (unpaired) electrons. The zero-order chi connectivity index (χ0) is 61.3. The number of hydrogen-bond acceptors (Lipinski definition) is 19. The molecule has 9 aliphatic heterocycles. The van der Waals surface area contributed by atoms with Gasteiger partial charge in [-0.1, -0.05) is 102 Å². The van der Waals surface area contributed by atoms with E-state index in [4.69, 9.17) is 86.0 Å². The van der Waals surface area contributed by atoms with E-state index in [2.05, 4.69) is 116 Å². The Morgan fingerprint density at radius 3 is 1.07 bits per heavy atom. The molecule has 0 amide bonds. The summed E-state index contributed by atoms with van der Waals surface area (Å²) in [5, 5.41) is 0. The van der Waals surface area contributed by atoms with Crippen molar-refractivity contribution in [3.8, 4) is 11.5 Å². The molecule has 12 rings (SSSR count). The fourth-order valence-electron chi connectivity index (χ4n) is 10.2. The Morgan fingerprint density at radius 1 is 0.447 bits per heavy atom. The van der Waals surface area contributed by atoms with Crippen molar-refractivity contribution < 1.29 is 86.0 Å². The molecule has 26 heteroatoms. The topological polar surface area (TPSA) is 175 Å². The van der Waals surface area contributed by atoms with E-state index in [-0.39, 0.29) is 48.0 Å². The van der Waals surface area contributed by atoms with Gasteiger partial charge >= 0.3 is 43.0 Å². The van der Waals surface area contributed by atoms with Crippen LogP contribution in [0.25, 0.3) is 0 Å². The first-order valence-electron chi connectivity index (χ1n) is 28.7. The summed E-state index contributed by atoms with van der Waals surface area (Å²) in [7, 11) is -0.878. The molecule has 10 aliphatic rings. The Hall–Kier alpha value is 0.370. The van der Waals surface area contributed by atoms with Crippen LogP contribution in [0.1, 0.15) is 147 Å². The summed E-state index contributed by atoms with van der Waals surface area (Å²) >= 11 is 0. The Bertz CT molecular complexity index is 2110. The molecule has 9 heterocycles. The molecular formula is C59H109O19P7. The molecule has 2 atom stereocenters. The molecular weight excluding hydrogens is 1230 g/mol. The maximum absolute atomic E-state index is 6.23. The van der Waals surface area contributed by atoms with Gasteiger partial charge in [0.15, 0.2) is 8.38 Å². The highest BCUT2D eigenvalue weighted by molar-refractivity contribution is 7.47. The standard InChI is InChI=1S/C20H25O2P.C12H20O5P2.C7H14O6P2.2C6H13O3P.2C3H8.2CH4/c1-11-8-13(3)19-17(15(11)5)10-18-16(6)12(2)9-14(4)20(18)22-23(7)21-19;1-9-3-11(5-13-18(2)14-6-11)10-12(4-9)7-15-19(17-10)16-8-12;1-8-14-10-3-7(4-11-14)5-12-15(9-2)13-6-7;2*1-6(2)4-8-10(7-3)9-5-6;2*1-3-2;;/h8-9H,10H2,1-7H3;9-10H,3-8H2,1-2H3;3-6H2,1-2H3;2*4-5H2,1-3H3;2*3H2,1-2H3;2*1H4. The van der Waals surface area contributed by atoms with E-state index in [0.717, 1.165) is 83.6 Å². The molecule has 0 aromatic heterocycles. The van der Waals surface area contributed by atoms with Gasteiger partial charge in [0, 0.05) is 81.0 Å². The van der Waals surface area contributed by atoms with Crippen molar-refractivity contribution in [3.05, 3.63) is 56.6 Å². The minimum Gasteiger partial charge on any atom is -0.438 e. The highest BCUT2D eigenvalue weighted by atomic mass is 31.2. The van der Waals surface area contributed by atoms with Crippen LogP contribution in [-0.2, 0) is 83.3 Å². The molecule has 2 aromatic rings. The molecule has 1 saturated carbocycles. The van der Waals surface area contributed by atoms with Gasteiger partial charge in [0.2, 0.25) is 0 Å². The Morgan fingerprint density at radius 2 is 0.753 bits per heavy atom. The van der Waals surface area contributed by atoms with Crippen LogP contribution in [0.5, 0.6) is 11.5 Å². The smallest absolute Gasteiger partial charge is 0.333 e. The van der Waals surface area contributed by atoms with Gasteiger partial charge in [-0.15, -0.1) is 0 Å². The number of aryl methyl sites for hydroxylation is 4. The largest absolute Gasteiger partial charge is 0.438 e. The van der Waals surface area contributed by atoms with Crippen molar-refractivity contribution >= 4 is 59.8 Å². The average Bonchev–Trinajstić information content (AvgIpc) is 1.47. The summed E-state index contributed by atoms with van der Waals surface area (Å²) in [4.78, 5) is 0. The molecule has 0 N–H and O–H groups in total. The zero-order valence-corrected chi connectivity index (χ0v) is 60.0. The van der Waals surface area contributed by atoms with Gasteiger partial charge in [-0.25, -0.2) is 0 Å². The summed E-state index contributed by atoms with van der Waals surface area (Å²) in [6.07, 6.45) is 5.78. The molecule has 2 unspecified atom stereocenters. The quantitative estimate of drug-likeness (QED) is 0.264. The molecule has 1 aliphatic carbocycles. The van der Waals surface area contributed by atoms with Gasteiger partial charge in [0.05, 0.1) is 90.8 Å². The van der Waals surface area contributed by atoms with E-state index in [1.807, 2.05) is 13.3 Å². The Kier molecular flexibility index (Phi) is 34.9. The van der Waals surface area contributed by atoms with Crippen molar-refractivity contribution in [2.45, 2.75) is 157 Å². The van der Waals surface area contributed by atoms with Gasteiger partial charge in [-0.3, -0.25) is 0 Å². The van der Waals surface area contributed by atoms with E-state index in [9.17, 15) is 0 Å². The predicted molar refractivity (Wildman–Crippen MR) is 349 cm³/mol. The van der Waals surface area contributed by atoms with Gasteiger partial charge < -0.3 is 86.0 Å². The first kappa shape index (κ1) is 79.6. The molecule has 8 saturated heterocycles. The molecule has 3 spiro atoms. The second-order valence-corrected chi connectivity index (χ2v) is 33.4. The summed E-state index contributed by atoms with van der Waals surface area (Å²) < 4.78 is 104. The normalized spacial score (nSPS) is 30.7. The third kappa shape index (κ3) is 22.8. The van der Waals surface area contributed by atoms with Crippen LogP contribution in [0.3, 0.4) is 0 Å². The van der Waals surface area contributed by atoms with Crippen molar-refractivity contribution in [1.82, 2.24) is 0 Å². The highest BCUT2D eigenvalue weighted by Gasteiger charge is 2.64. The van der Waals surface area contributed by atoms with Crippen LogP contribution >= 0.6 is 59.8 Å². The lowest BCUT2D eigenvalue weighted by atomic mass is 9.57. The first-order valence-corrected chi connectivity index (χ1v) is 37.4. The SMILES string of the molecule is C.C.CC1CC2(COP(C)OC2)C2OP3OCC2(CO3)C1.CCC.CCC.COP1OCC(C)(C)CO1.COP1OCC(C)(C)CO1.COP1OCC2(CO1)COP(OC)OC2.Cc1cc(C)c2c(c1C)Cc1c(C)c(C)cc(C)c1OP(C)O2. The van der Waals surface area contributed by atoms with Gasteiger partial charge in [0.25, 0.3) is 8.38 Å². The van der Waals surface area contributed by atoms with Crippen LogP contribution in [0.4, 0.5) is 0 Å². The van der Waals surface area contributed by atoms with E-state index in [0.29, 0.717) is 32.3 Å². The lowest BCUT2D eigenvalue weighted by Crippen LogP contribution is -2.64. The van der Waals surface area contributed by atoms with E-state index in [1.165, 1.54) is 57.3 Å². The van der Waals surface area contributed by atoms with Crippen LogP contribution in [-0.4, -0.2) is 127 Å². The van der Waals surface area contributed by atoms with E-state index >= 15 is 0 Å². The number of fused-ring (bicyclic) bond motifs is 4. The summed E-state index contributed by atoms with van der Waals surface area (Å²) in [5.41, 5.74) is 10.5. The molecule has 85 heavy (non-hydrogen) atoms. The number of benzene rings is 2. The van der Waals surface area contributed by atoms with Gasteiger partial charge in [0.1, 0.15) is 11.5 Å². The van der Waals surface area contributed by atoms with Crippen molar-refractivity contribution in [3.63, 3.8) is 0 Å². The molecule has 2 aromatic carbocycles. The average molecular weight is 1340 g/mol. The van der Waals surface area contributed by atoms with Crippen LogP contribution in [0, 0.1) is 74.5 Å². The predicted octanol–water partition coefficient (Wildman–Crippen LogP) is 18.7. The third-order valence-corrected chi connectivity index (χ3v) is 21.4. The lowest BCUT2D eigenvalue weighted by Gasteiger charge is -2.61. The minimum atomic E-state index is -1.17. The number of hydrogen-bond donors (Lipinski definition) is 0. The Labute approximate surface area is 522 Å². The molecule has 494 valence electrons. The lowest BCUT2D eigenvalue weighted by molar-refractivity contribution is -0.220. The number of rotatable bonds is 4. The van der Waals surface area contributed by atoms with Gasteiger partial charge in [-0.2, -0.15) is 0 Å². The van der Waals surface area contributed by atoms with Gasteiger partial charge in [-0.05, 0) is 93.7 Å². The van der Waals surface area contributed by atoms with Crippen LogP contribution in [0.2, 0.25) is 0 Å². The first-order chi connectivity index (χ1) is 39.3. The van der Waals surface area contributed by atoms with Crippen molar-refractivity contribution in [2.24, 2.45) is 33.0 Å². The van der Waals surface area contributed by atoms with E-state index < -0.39 is 59.8 Å². The minimum absolute atomic E-state index is 0. The van der Waals surface area contributed by atoms with Crippen LogP contribution in [0.15, 0.2) is 12.1 Å². The van der Waals surface area contributed by atoms with Crippen molar-refractivity contribution in [2.75, 3.05) is 121 Å². The summed E-state index contributed by atoms with van der Waals surface area (Å²) in [6, 6.07) is 4.43. The third-order valence-electron chi connectivity index (χ3n) is 14.6. The second kappa shape index (κ2) is 37.3. The Balaban J connectivity index is 0.000000279. The fraction of sp³-hybridized carbons (Fsp3) is 0.797. The molecule has 9 fully saturated rings.